The van der Waals surface area contributed by atoms with Crippen molar-refractivity contribution in [2.45, 2.75) is 18.5 Å². The minimum absolute atomic E-state index is 0.116. The van der Waals surface area contributed by atoms with Gasteiger partial charge in [0.25, 0.3) is 0 Å². The topological polar surface area (TPSA) is 138 Å². The number of carbonyl (C=O) groups is 1. The van der Waals surface area contributed by atoms with Crippen molar-refractivity contribution in [3.8, 4) is 17.3 Å². The number of nitrogen functional groups attached to an aromatic ring is 1. The predicted molar refractivity (Wildman–Crippen MR) is 138 cm³/mol. The van der Waals surface area contributed by atoms with Crippen LogP contribution in [0.25, 0.3) is 28.3 Å². The molecule has 6 aromatic rings. The molecule has 0 saturated carbocycles. The van der Waals surface area contributed by atoms with Crippen molar-refractivity contribution in [1.29, 1.82) is 0 Å². The van der Waals surface area contributed by atoms with E-state index in [1.165, 1.54) is 4.52 Å². The summed E-state index contributed by atoms with van der Waals surface area (Å²) in [6, 6.07) is 19.7. The molecule has 1 unspecified atom stereocenters. The molecule has 188 valence electrons. The molecule has 1 aliphatic heterocycles. The normalized spacial score (nSPS) is 15.7. The predicted octanol–water partition coefficient (Wildman–Crippen LogP) is 3.55. The number of carbonyl (C=O) groups excluding carboxylic acids is 1. The maximum absolute atomic E-state index is 14.0. The van der Waals surface area contributed by atoms with Crippen LogP contribution in [0.4, 0.5) is 5.95 Å². The van der Waals surface area contributed by atoms with E-state index in [0.29, 0.717) is 41.3 Å². The van der Waals surface area contributed by atoms with Gasteiger partial charge in [-0.25, -0.2) is 9.67 Å². The van der Waals surface area contributed by atoms with E-state index in [0.717, 1.165) is 16.9 Å². The summed E-state index contributed by atoms with van der Waals surface area (Å²) in [5.74, 6) is 1.55. The van der Waals surface area contributed by atoms with E-state index >= 15 is 0 Å². The average molecular weight is 507 g/mol. The molecule has 4 aromatic heterocycles. The van der Waals surface area contributed by atoms with Gasteiger partial charge in [-0.1, -0.05) is 48.5 Å². The van der Waals surface area contributed by atoms with Gasteiger partial charge in [0.1, 0.15) is 5.75 Å². The zero-order valence-corrected chi connectivity index (χ0v) is 20.1. The smallest absolute Gasteiger partial charge is 0.250 e. The van der Waals surface area contributed by atoms with Gasteiger partial charge in [-0.15, -0.1) is 5.10 Å². The number of anilines is 1. The fourth-order valence-electron chi connectivity index (χ4n) is 4.91. The molecule has 1 amide bonds. The largest absolute Gasteiger partial charge is 0.493 e. The molecular weight excluding hydrogens is 484 g/mol. The van der Waals surface area contributed by atoms with E-state index in [-0.39, 0.29) is 17.9 Å². The van der Waals surface area contributed by atoms with Crippen molar-refractivity contribution in [2.75, 3.05) is 12.3 Å². The first kappa shape index (κ1) is 22.0. The highest BCUT2D eigenvalue weighted by Gasteiger charge is 2.31. The van der Waals surface area contributed by atoms with Gasteiger partial charge in [-0.2, -0.15) is 14.6 Å². The van der Waals surface area contributed by atoms with Crippen LogP contribution in [0.3, 0.4) is 0 Å². The molecule has 7 rings (SSSR count). The molecule has 0 fully saturated rings. The van der Waals surface area contributed by atoms with Crippen molar-refractivity contribution >= 4 is 28.5 Å². The van der Waals surface area contributed by atoms with Gasteiger partial charge in [0.05, 0.1) is 30.5 Å². The summed E-state index contributed by atoms with van der Waals surface area (Å²) in [5.41, 5.74) is 8.89. The fourth-order valence-corrected chi connectivity index (χ4v) is 4.91. The molecule has 1 aliphatic rings. The molecule has 0 saturated heterocycles. The van der Waals surface area contributed by atoms with E-state index in [4.69, 9.17) is 14.9 Å². The molecule has 11 heteroatoms. The van der Waals surface area contributed by atoms with Crippen molar-refractivity contribution in [3.63, 3.8) is 0 Å². The third-order valence-electron chi connectivity index (χ3n) is 6.68. The van der Waals surface area contributed by atoms with Gasteiger partial charge in [0, 0.05) is 12.0 Å². The molecule has 11 nitrogen and oxygen atoms in total. The molecular formula is C27H22N8O3. The van der Waals surface area contributed by atoms with E-state index in [2.05, 4.69) is 25.5 Å². The summed E-state index contributed by atoms with van der Waals surface area (Å²) < 4.78 is 14.3. The molecule has 38 heavy (non-hydrogen) atoms. The van der Waals surface area contributed by atoms with Crippen LogP contribution in [-0.4, -0.2) is 41.9 Å². The Balaban J connectivity index is 1.33. The number of nitrogens with one attached hydrogen (secondary N) is 1. The number of benzene rings is 2. The van der Waals surface area contributed by atoms with Crippen LogP contribution in [0.15, 0.2) is 83.6 Å². The molecule has 0 bridgehead atoms. The number of para-hydroxylation sites is 1. The monoisotopic (exact) mass is 506 g/mol. The molecule has 3 N–H and O–H groups in total. The summed E-state index contributed by atoms with van der Waals surface area (Å²) in [5, 5.41) is 12.9. The minimum Gasteiger partial charge on any atom is -0.493 e. The van der Waals surface area contributed by atoms with Crippen LogP contribution < -0.4 is 15.8 Å². The summed E-state index contributed by atoms with van der Waals surface area (Å²) >= 11 is 0. The third kappa shape index (κ3) is 3.55. The molecule has 0 aliphatic carbocycles. The quantitative estimate of drug-likeness (QED) is 0.362. The number of rotatable bonds is 5. The lowest BCUT2D eigenvalue weighted by molar-refractivity contribution is -0.124. The lowest BCUT2D eigenvalue weighted by Gasteiger charge is -2.28. The molecule has 2 atom stereocenters. The number of fused-ring (bicyclic) bond motifs is 4. The standard InChI is InChI=1S/C27H22N8O3/c28-27-32-25-18(24-31-23(33-35(24)27)21-11-6-13-37-21)15-29-34(25)22(16-7-2-1-3-8-16)26(36)30-19-12-14-38-20-10-5-4-9-17(19)20/h1-11,13,15,19,22H,12,14H2,(H2,28,32)(H,30,36)/t19-,22?/m0/s1. The zero-order valence-electron chi connectivity index (χ0n) is 20.1. The Morgan fingerprint density at radius 3 is 2.71 bits per heavy atom. The van der Waals surface area contributed by atoms with Crippen LogP contribution in [0.5, 0.6) is 5.75 Å². The highest BCUT2D eigenvalue weighted by atomic mass is 16.5. The number of nitrogens with two attached hydrogens (primary N) is 1. The SMILES string of the molecule is Nc1nc2c(cnn2C(C(=O)N[C@H]2CCOc3ccccc32)c2ccccc2)c2nc(-c3ccco3)nn12. The number of hydrogen-bond acceptors (Lipinski definition) is 8. The van der Waals surface area contributed by atoms with Gasteiger partial charge >= 0.3 is 0 Å². The Kier molecular flexibility index (Phi) is 5.06. The second kappa shape index (κ2) is 8.73. The van der Waals surface area contributed by atoms with E-state index < -0.39 is 6.04 Å². The summed E-state index contributed by atoms with van der Waals surface area (Å²) in [7, 11) is 0. The number of nitrogens with zero attached hydrogens (tertiary/aromatic N) is 6. The second-order valence-corrected chi connectivity index (χ2v) is 8.99. The molecule has 5 heterocycles. The van der Waals surface area contributed by atoms with Gasteiger partial charge in [0.2, 0.25) is 17.7 Å². The second-order valence-electron chi connectivity index (χ2n) is 8.99. The van der Waals surface area contributed by atoms with Crippen LogP contribution >= 0.6 is 0 Å². The number of ether oxygens (including phenoxy) is 1. The number of hydrogen-bond donors (Lipinski definition) is 2. The Hall–Kier alpha value is -5.19. The Labute approximate surface area is 215 Å². The Morgan fingerprint density at radius 2 is 1.87 bits per heavy atom. The highest BCUT2D eigenvalue weighted by molar-refractivity contribution is 5.92. The summed E-state index contributed by atoms with van der Waals surface area (Å²) in [4.78, 5) is 23.2. The summed E-state index contributed by atoms with van der Waals surface area (Å²) in [6.45, 7) is 0.517. The first-order chi connectivity index (χ1) is 18.7. The first-order valence-corrected chi connectivity index (χ1v) is 12.2. The minimum atomic E-state index is -0.800. The fraction of sp³-hybridized carbons (Fsp3) is 0.148. The van der Waals surface area contributed by atoms with Crippen molar-refractivity contribution in [1.82, 2.24) is 34.7 Å². The van der Waals surface area contributed by atoms with Crippen molar-refractivity contribution in [2.24, 2.45) is 0 Å². The maximum atomic E-state index is 14.0. The lowest BCUT2D eigenvalue weighted by atomic mass is 9.99. The van der Waals surface area contributed by atoms with Crippen LogP contribution in [0.2, 0.25) is 0 Å². The van der Waals surface area contributed by atoms with Gasteiger partial charge < -0.3 is 20.2 Å². The van der Waals surface area contributed by atoms with Crippen LogP contribution in [-0.2, 0) is 4.79 Å². The summed E-state index contributed by atoms with van der Waals surface area (Å²) in [6.07, 6.45) is 3.84. The lowest BCUT2D eigenvalue weighted by Crippen LogP contribution is -2.38. The highest BCUT2D eigenvalue weighted by Crippen LogP contribution is 2.33. The van der Waals surface area contributed by atoms with E-state index in [9.17, 15) is 4.79 Å². The van der Waals surface area contributed by atoms with E-state index in [1.54, 1.807) is 29.3 Å². The number of furan rings is 1. The van der Waals surface area contributed by atoms with Crippen molar-refractivity contribution < 1.29 is 13.9 Å². The molecule has 0 radical (unpaired) electrons. The average Bonchev–Trinajstić information content (AvgIpc) is 3.70. The molecule has 2 aromatic carbocycles. The van der Waals surface area contributed by atoms with Crippen LogP contribution in [0, 0.1) is 0 Å². The van der Waals surface area contributed by atoms with Crippen molar-refractivity contribution in [3.05, 3.63) is 90.3 Å². The zero-order chi connectivity index (χ0) is 25.6. The van der Waals surface area contributed by atoms with Gasteiger partial charge in [0.15, 0.2) is 23.1 Å². The van der Waals surface area contributed by atoms with Gasteiger partial charge in [-0.3, -0.25) is 4.79 Å². The van der Waals surface area contributed by atoms with E-state index in [1.807, 2.05) is 54.6 Å². The Bertz CT molecular complexity index is 1770. The third-order valence-corrected chi connectivity index (χ3v) is 6.68. The van der Waals surface area contributed by atoms with Gasteiger partial charge in [-0.05, 0) is 23.8 Å². The first-order valence-electron chi connectivity index (χ1n) is 12.2. The number of amides is 1. The number of aromatic nitrogens is 6. The Morgan fingerprint density at radius 1 is 1.03 bits per heavy atom. The molecule has 0 spiro atoms. The maximum Gasteiger partial charge on any atom is 0.250 e. The van der Waals surface area contributed by atoms with Crippen LogP contribution in [0.1, 0.15) is 29.6 Å².